The second-order valence-corrected chi connectivity index (χ2v) is 6.13. The summed E-state index contributed by atoms with van der Waals surface area (Å²) in [7, 11) is 0. The van der Waals surface area contributed by atoms with E-state index >= 15 is 0 Å². The average Bonchev–Trinajstić information content (AvgIpc) is 2.70. The van der Waals surface area contributed by atoms with Gasteiger partial charge in [-0.15, -0.1) is 0 Å². The van der Waals surface area contributed by atoms with Crippen molar-refractivity contribution in [2.75, 3.05) is 26.2 Å². The summed E-state index contributed by atoms with van der Waals surface area (Å²) in [6.07, 6.45) is -5.08. The van der Waals surface area contributed by atoms with E-state index in [2.05, 4.69) is 5.32 Å². The van der Waals surface area contributed by atoms with Crippen LogP contribution in [0.5, 0.6) is 0 Å². The van der Waals surface area contributed by atoms with Crippen LogP contribution >= 0.6 is 0 Å². The van der Waals surface area contributed by atoms with Crippen molar-refractivity contribution in [1.29, 1.82) is 0 Å². The summed E-state index contributed by atoms with van der Waals surface area (Å²) >= 11 is 0. The minimum Gasteiger partial charge on any atom is -0.475 e. The zero-order valence-electron chi connectivity index (χ0n) is 15.0. The van der Waals surface area contributed by atoms with Crippen LogP contribution in [0.2, 0.25) is 0 Å². The molecule has 2 N–H and O–H groups in total. The molecule has 1 aliphatic rings. The summed E-state index contributed by atoms with van der Waals surface area (Å²) in [6, 6.07) is 20.1. The van der Waals surface area contributed by atoms with Crippen LogP contribution < -0.4 is 5.32 Å². The predicted molar refractivity (Wildman–Crippen MR) is 97.9 cm³/mol. The Kier molecular flexibility index (Phi) is 7.57. The van der Waals surface area contributed by atoms with Crippen LogP contribution in [0, 0.1) is 0 Å². The van der Waals surface area contributed by atoms with E-state index in [1.165, 1.54) is 0 Å². The number of hydrogen-bond acceptors (Lipinski definition) is 3. The maximum atomic E-state index is 13.0. The molecule has 0 aliphatic carbocycles. The Bertz CT molecular complexity index is 722. The third-order valence-corrected chi connectivity index (χ3v) is 4.18. The Balaban J connectivity index is 0.000000345. The minimum atomic E-state index is -5.08. The number of piperazine rings is 1. The first-order valence-corrected chi connectivity index (χ1v) is 8.70. The smallest absolute Gasteiger partial charge is 0.475 e. The maximum Gasteiger partial charge on any atom is 0.490 e. The number of carboxylic acid groups (broad SMARTS) is 1. The number of halogens is 3. The van der Waals surface area contributed by atoms with Gasteiger partial charge in [-0.25, -0.2) is 4.79 Å². The zero-order valence-corrected chi connectivity index (χ0v) is 15.0. The highest BCUT2D eigenvalue weighted by Crippen LogP contribution is 2.26. The van der Waals surface area contributed by atoms with Crippen molar-refractivity contribution in [3.05, 3.63) is 71.8 Å². The van der Waals surface area contributed by atoms with Gasteiger partial charge in [-0.1, -0.05) is 60.7 Å². The van der Waals surface area contributed by atoms with Gasteiger partial charge in [-0.2, -0.15) is 13.2 Å². The highest BCUT2D eigenvalue weighted by molar-refractivity contribution is 5.87. The quantitative estimate of drug-likeness (QED) is 0.840. The van der Waals surface area contributed by atoms with Crippen molar-refractivity contribution in [2.45, 2.75) is 12.1 Å². The number of hydrogen-bond donors (Lipinski definition) is 2. The van der Waals surface area contributed by atoms with E-state index in [1.54, 1.807) is 0 Å². The van der Waals surface area contributed by atoms with E-state index in [0.717, 1.165) is 37.3 Å². The van der Waals surface area contributed by atoms with Crippen LogP contribution in [-0.2, 0) is 9.59 Å². The molecule has 1 fully saturated rings. The molecule has 2 aromatic rings. The van der Waals surface area contributed by atoms with Crippen molar-refractivity contribution < 1.29 is 27.9 Å². The highest BCUT2D eigenvalue weighted by Gasteiger charge is 2.38. The molecule has 8 heteroatoms. The third-order valence-electron chi connectivity index (χ3n) is 4.18. The van der Waals surface area contributed by atoms with E-state index in [4.69, 9.17) is 9.90 Å². The van der Waals surface area contributed by atoms with Gasteiger partial charge >= 0.3 is 12.1 Å². The molecule has 1 aliphatic heterocycles. The second kappa shape index (κ2) is 9.89. The molecule has 0 saturated carbocycles. The van der Waals surface area contributed by atoms with Crippen molar-refractivity contribution in [2.24, 2.45) is 0 Å². The number of rotatable bonds is 3. The molecule has 0 aromatic heterocycles. The van der Waals surface area contributed by atoms with Gasteiger partial charge in [-0.05, 0) is 11.1 Å². The minimum absolute atomic E-state index is 0.203. The van der Waals surface area contributed by atoms with E-state index in [1.807, 2.05) is 65.6 Å². The number of benzene rings is 2. The summed E-state index contributed by atoms with van der Waals surface area (Å²) in [5.41, 5.74) is 2.12. The lowest BCUT2D eigenvalue weighted by Crippen LogP contribution is -2.48. The average molecular weight is 394 g/mol. The number of carbonyl (C=O) groups excluding carboxylic acids is 1. The van der Waals surface area contributed by atoms with Crippen LogP contribution in [0.15, 0.2) is 60.7 Å². The molecule has 150 valence electrons. The lowest BCUT2D eigenvalue weighted by atomic mass is 9.90. The van der Waals surface area contributed by atoms with E-state index in [-0.39, 0.29) is 11.8 Å². The summed E-state index contributed by atoms with van der Waals surface area (Å²) in [4.78, 5) is 23.9. The number of amides is 1. The molecule has 1 saturated heterocycles. The first kappa shape index (κ1) is 21.4. The first-order valence-electron chi connectivity index (χ1n) is 8.70. The fourth-order valence-corrected chi connectivity index (χ4v) is 2.84. The highest BCUT2D eigenvalue weighted by atomic mass is 19.4. The number of aliphatic carboxylic acids is 1. The molecule has 0 bridgehead atoms. The monoisotopic (exact) mass is 394 g/mol. The number of carbonyl (C=O) groups is 2. The van der Waals surface area contributed by atoms with Gasteiger partial charge in [0.05, 0.1) is 5.92 Å². The number of nitrogens with zero attached hydrogens (tertiary/aromatic N) is 1. The summed E-state index contributed by atoms with van der Waals surface area (Å²) in [5.74, 6) is -2.76. The number of nitrogens with one attached hydrogen (secondary N) is 1. The molecule has 0 atom stereocenters. The van der Waals surface area contributed by atoms with Crippen LogP contribution in [0.1, 0.15) is 17.0 Å². The lowest BCUT2D eigenvalue weighted by molar-refractivity contribution is -0.192. The van der Waals surface area contributed by atoms with Gasteiger partial charge < -0.3 is 15.3 Å². The van der Waals surface area contributed by atoms with Gasteiger partial charge in [-0.3, -0.25) is 4.79 Å². The van der Waals surface area contributed by atoms with Crippen molar-refractivity contribution in [3.8, 4) is 0 Å². The third kappa shape index (κ3) is 6.09. The van der Waals surface area contributed by atoms with Gasteiger partial charge in [0.2, 0.25) is 5.91 Å². The molecular formula is C20H21F3N2O3. The lowest BCUT2D eigenvalue weighted by Gasteiger charge is -2.31. The van der Waals surface area contributed by atoms with E-state index in [9.17, 15) is 18.0 Å². The molecule has 1 heterocycles. The van der Waals surface area contributed by atoms with Crippen LogP contribution in [-0.4, -0.2) is 54.2 Å². The number of alkyl halides is 3. The fraction of sp³-hybridized carbons (Fsp3) is 0.300. The molecule has 1 amide bonds. The molecule has 0 unspecified atom stereocenters. The Hall–Kier alpha value is -2.87. The largest absolute Gasteiger partial charge is 0.490 e. The Labute approximate surface area is 160 Å². The number of carboxylic acids is 1. The Morgan fingerprint density at radius 2 is 1.29 bits per heavy atom. The van der Waals surface area contributed by atoms with Gasteiger partial charge in [0.25, 0.3) is 0 Å². The van der Waals surface area contributed by atoms with Crippen LogP contribution in [0.4, 0.5) is 13.2 Å². The molecule has 5 nitrogen and oxygen atoms in total. The zero-order chi connectivity index (χ0) is 20.6. The summed E-state index contributed by atoms with van der Waals surface area (Å²) < 4.78 is 31.7. The van der Waals surface area contributed by atoms with Crippen LogP contribution in [0.25, 0.3) is 0 Å². The van der Waals surface area contributed by atoms with Crippen molar-refractivity contribution >= 4 is 11.9 Å². The van der Waals surface area contributed by atoms with Crippen LogP contribution in [0.3, 0.4) is 0 Å². The second-order valence-electron chi connectivity index (χ2n) is 6.13. The Morgan fingerprint density at radius 3 is 1.64 bits per heavy atom. The molecule has 3 rings (SSSR count). The Morgan fingerprint density at radius 1 is 0.893 bits per heavy atom. The maximum absolute atomic E-state index is 13.0. The van der Waals surface area contributed by atoms with Crippen molar-refractivity contribution in [3.63, 3.8) is 0 Å². The van der Waals surface area contributed by atoms with E-state index in [0.29, 0.717) is 0 Å². The van der Waals surface area contributed by atoms with Gasteiger partial charge in [0, 0.05) is 26.2 Å². The first-order chi connectivity index (χ1) is 13.3. The molecular weight excluding hydrogens is 373 g/mol. The molecule has 28 heavy (non-hydrogen) atoms. The van der Waals surface area contributed by atoms with Gasteiger partial charge in [0.1, 0.15) is 0 Å². The summed E-state index contributed by atoms with van der Waals surface area (Å²) in [5, 5.41) is 10.4. The summed E-state index contributed by atoms with van der Waals surface area (Å²) in [6.45, 7) is 3.33. The topological polar surface area (TPSA) is 69.6 Å². The van der Waals surface area contributed by atoms with E-state index < -0.39 is 12.1 Å². The van der Waals surface area contributed by atoms with Gasteiger partial charge in [0.15, 0.2) is 0 Å². The molecule has 2 aromatic carbocycles. The molecule has 0 radical (unpaired) electrons. The SMILES string of the molecule is O=C(C(c1ccccc1)c1ccccc1)N1CCNCC1.O=C(O)C(F)(F)F. The van der Waals surface area contributed by atoms with Crippen molar-refractivity contribution in [1.82, 2.24) is 10.2 Å². The predicted octanol–water partition coefficient (Wildman–Crippen LogP) is 2.88. The fourth-order valence-electron chi connectivity index (χ4n) is 2.84. The molecule has 0 spiro atoms. The standard InChI is InChI=1S/C18H20N2O.C2HF3O2/c21-18(20-13-11-19-12-14-20)17(15-7-3-1-4-8-15)16-9-5-2-6-10-16;3-2(4,5)1(6)7/h1-10,17,19H,11-14H2;(H,6,7). The normalized spacial score (nSPS) is 14.2.